The predicted octanol–water partition coefficient (Wildman–Crippen LogP) is -5.56. The lowest BCUT2D eigenvalue weighted by atomic mass is 10.0. The zero-order valence-electron chi connectivity index (χ0n) is 31.5. The highest BCUT2D eigenvalue weighted by atomic mass is 16.6. The quantitative estimate of drug-likeness (QED) is 0.0271. The van der Waals surface area contributed by atoms with E-state index in [1.807, 2.05) is 0 Å². The number of carbonyl (C=O) groups is 8. The summed E-state index contributed by atoms with van der Waals surface area (Å²) in [6.45, 7) is 0.964. The van der Waals surface area contributed by atoms with Gasteiger partial charge in [0, 0.05) is 6.42 Å². The first-order valence-corrected chi connectivity index (χ1v) is 18.1. The van der Waals surface area contributed by atoms with E-state index in [-0.39, 0.29) is 25.9 Å². The Morgan fingerprint density at radius 1 is 0.719 bits per heavy atom. The average Bonchev–Trinajstić information content (AvgIpc) is 3.41. The van der Waals surface area contributed by atoms with Gasteiger partial charge in [0.25, 0.3) is 0 Å². The van der Waals surface area contributed by atoms with Crippen molar-refractivity contribution in [2.75, 3.05) is 26.3 Å². The third kappa shape index (κ3) is 16.9. The zero-order chi connectivity index (χ0) is 43.4. The highest BCUT2D eigenvalue weighted by molar-refractivity contribution is 5.96. The molecule has 24 nitrogen and oxygen atoms in total. The first-order chi connectivity index (χ1) is 26.8. The summed E-state index contributed by atoms with van der Waals surface area (Å²) in [6, 6.07) is -7.99. The molecule has 1 rings (SSSR count). The van der Waals surface area contributed by atoms with E-state index in [0.717, 1.165) is 13.8 Å². The Kier molecular flexibility index (Phi) is 22.0. The number of carboxylic acids is 1. The van der Waals surface area contributed by atoms with Gasteiger partial charge in [-0.1, -0.05) is 0 Å². The van der Waals surface area contributed by atoms with Crippen molar-refractivity contribution in [2.24, 2.45) is 11.5 Å². The summed E-state index contributed by atoms with van der Waals surface area (Å²) in [7, 11) is 0. The summed E-state index contributed by atoms with van der Waals surface area (Å²) in [5.74, 6) is -11.0. The number of ether oxygens (including phenoxy) is 2. The molecule has 0 saturated heterocycles. The fraction of sp³-hybridized carbons (Fsp3) is 0.697. The lowest BCUT2D eigenvalue weighted by molar-refractivity contribution is -0.155. The first kappa shape index (κ1) is 49.9. The summed E-state index contributed by atoms with van der Waals surface area (Å²) in [4.78, 5) is 100. The minimum atomic E-state index is -1.78. The standard InChI is InChI=1S/C33H55N7O17/c1-15(42)23(30(51)37-18(8-4-6-12-35)28(49)38-19(13-41)32(53)54)40-31(52)24(16(2)43)39-29(50)17(7-3-5-11-34)36-21(45)9-10-22(46)56-14-20(44)27-25(47)26(48)33(55)57-27/h15-20,23-24,27,41-44,47-48H,3-14,34-35H2,1-2H3,(H,36,45)(H,37,51)(H,38,49)(H,39,50)(H,40,52)(H,53,54)/t15?,16?,17-,18-,19-,20?,23-,24-,27?/m0/s1. The van der Waals surface area contributed by atoms with E-state index in [1.54, 1.807) is 0 Å². The SMILES string of the molecule is CC(O)[C@H](NC(=O)[C@H](CCCCN)NC(=O)CCC(=O)OCC(O)C1OC(=O)C(O)=C1O)C(=O)N[C@H](C(=O)N[C@@H](CCCCN)C(=O)N[C@@H](CO)C(=O)O)C(C)O. The van der Waals surface area contributed by atoms with Gasteiger partial charge in [0.1, 0.15) is 42.9 Å². The molecule has 24 heteroatoms. The van der Waals surface area contributed by atoms with Crippen LogP contribution in [0.15, 0.2) is 11.5 Å². The molecule has 324 valence electrons. The fourth-order valence-electron chi connectivity index (χ4n) is 5.10. The van der Waals surface area contributed by atoms with E-state index in [9.17, 15) is 74.1 Å². The monoisotopic (exact) mass is 821 g/mol. The molecule has 0 aliphatic carbocycles. The van der Waals surface area contributed by atoms with Crippen LogP contribution in [0.4, 0.5) is 0 Å². The average molecular weight is 822 g/mol. The van der Waals surface area contributed by atoms with Crippen LogP contribution >= 0.6 is 0 Å². The van der Waals surface area contributed by atoms with E-state index in [0.29, 0.717) is 25.7 Å². The van der Waals surface area contributed by atoms with E-state index in [1.165, 1.54) is 0 Å². The summed E-state index contributed by atoms with van der Waals surface area (Å²) < 4.78 is 9.39. The number of aliphatic hydroxyl groups excluding tert-OH is 6. The van der Waals surface area contributed by atoms with Gasteiger partial charge in [-0.3, -0.25) is 28.8 Å². The maximum absolute atomic E-state index is 13.4. The number of aliphatic carboxylic acids is 1. The predicted molar refractivity (Wildman–Crippen MR) is 192 cm³/mol. The van der Waals surface area contributed by atoms with Crippen LogP contribution in [0.1, 0.15) is 65.2 Å². The Morgan fingerprint density at radius 3 is 1.65 bits per heavy atom. The summed E-state index contributed by atoms with van der Waals surface area (Å²) in [5.41, 5.74) is 11.0. The van der Waals surface area contributed by atoms with Gasteiger partial charge in [0.2, 0.25) is 35.3 Å². The maximum atomic E-state index is 13.4. The Hall–Kier alpha value is -5.14. The lowest BCUT2D eigenvalue weighted by Crippen LogP contribution is -2.62. The molecule has 16 N–H and O–H groups in total. The van der Waals surface area contributed by atoms with Crippen LogP contribution in [0.3, 0.4) is 0 Å². The zero-order valence-corrected chi connectivity index (χ0v) is 31.5. The molecular weight excluding hydrogens is 766 g/mol. The van der Waals surface area contributed by atoms with Gasteiger partial charge >= 0.3 is 17.9 Å². The molecule has 0 spiro atoms. The number of esters is 2. The van der Waals surface area contributed by atoms with Crippen molar-refractivity contribution in [3.63, 3.8) is 0 Å². The number of aliphatic hydroxyl groups is 6. The van der Waals surface area contributed by atoms with E-state index in [2.05, 4.69) is 31.3 Å². The number of amides is 5. The largest absolute Gasteiger partial charge is 0.505 e. The van der Waals surface area contributed by atoms with Crippen LogP contribution in [0, 0.1) is 0 Å². The van der Waals surface area contributed by atoms with Gasteiger partial charge in [0.15, 0.2) is 11.9 Å². The molecule has 1 aliphatic rings. The Labute approximate surface area is 326 Å². The van der Waals surface area contributed by atoms with Crippen molar-refractivity contribution in [2.45, 2.75) is 120 Å². The van der Waals surface area contributed by atoms with Crippen molar-refractivity contribution in [1.29, 1.82) is 0 Å². The van der Waals surface area contributed by atoms with Crippen LogP contribution in [0.2, 0.25) is 0 Å². The number of nitrogens with two attached hydrogens (primary N) is 2. The van der Waals surface area contributed by atoms with Crippen LogP contribution in [-0.4, -0.2) is 164 Å². The van der Waals surface area contributed by atoms with Gasteiger partial charge in [0.05, 0.1) is 25.2 Å². The molecule has 1 heterocycles. The number of cyclic esters (lactones) is 1. The number of hydrogen-bond donors (Lipinski definition) is 14. The van der Waals surface area contributed by atoms with Crippen molar-refractivity contribution in [3.05, 3.63) is 11.5 Å². The smallest absolute Gasteiger partial charge is 0.377 e. The second kappa shape index (κ2) is 25.2. The van der Waals surface area contributed by atoms with Gasteiger partial charge < -0.3 is 83.3 Å². The fourth-order valence-corrected chi connectivity index (χ4v) is 5.10. The van der Waals surface area contributed by atoms with Crippen molar-refractivity contribution < 1.29 is 83.6 Å². The van der Waals surface area contributed by atoms with Crippen LogP contribution < -0.4 is 38.1 Å². The molecule has 0 saturated carbocycles. The second-order valence-electron chi connectivity index (χ2n) is 13.1. The van der Waals surface area contributed by atoms with E-state index in [4.69, 9.17) is 16.2 Å². The Morgan fingerprint density at radius 2 is 1.19 bits per heavy atom. The summed E-state index contributed by atoms with van der Waals surface area (Å²) in [5, 5.41) is 79.7. The molecule has 0 aromatic rings. The van der Waals surface area contributed by atoms with Crippen LogP contribution in [0.25, 0.3) is 0 Å². The number of nitrogens with one attached hydrogen (secondary N) is 5. The maximum Gasteiger partial charge on any atom is 0.377 e. The molecule has 5 amide bonds. The normalized spacial score (nSPS) is 18.0. The minimum Gasteiger partial charge on any atom is -0.505 e. The van der Waals surface area contributed by atoms with Crippen molar-refractivity contribution in [3.8, 4) is 0 Å². The van der Waals surface area contributed by atoms with Crippen LogP contribution in [-0.2, 0) is 47.8 Å². The van der Waals surface area contributed by atoms with E-state index >= 15 is 0 Å². The molecule has 9 atom stereocenters. The van der Waals surface area contributed by atoms with Crippen molar-refractivity contribution >= 4 is 47.4 Å². The highest BCUT2D eigenvalue weighted by Gasteiger charge is 2.40. The minimum absolute atomic E-state index is 0.0190. The first-order valence-electron chi connectivity index (χ1n) is 18.1. The molecule has 0 aromatic carbocycles. The number of rotatable bonds is 27. The summed E-state index contributed by atoms with van der Waals surface area (Å²) >= 11 is 0. The summed E-state index contributed by atoms with van der Waals surface area (Å²) in [6.07, 6.45) is -6.40. The number of unbranched alkanes of at least 4 members (excludes halogenated alkanes) is 2. The number of carbonyl (C=O) groups excluding carboxylic acids is 7. The molecule has 0 radical (unpaired) electrons. The molecule has 0 bridgehead atoms. The van der Waals surface area contributed by atoms with Gasteiger partial charge in [-0.25, -0.2) is 9.59 Å². The van der Waals surface area contributed by atoms with Crippen molar-refractivity contribution in [1.82, 2.24) is 26.6 Å². The number of hydrogen-bond acceptors (Lipinski definition) is 18. The van der Waals surface area contributed by atoms with Crippen LogP contribution in [0.5, 0.6) is 0 Å². The Bertz CT molecular complexity index is 1440. The molecule has 1 aliphatic heterocycles. The molecule has 57 heavy (non-hydrogen) atoms. The molecule has 0 aromatic heterocycles. The Balaban J connectivity index is 2.99. The van der Waals surface area contributed by atoms with Gasteiger partial charge in [-0.2, -0.15) is 0 Å². The van der Waals surface area contributed by atoms with Gasteiger partial charge in [-0.15, -0.1) is 0 Å². The highest BCUT2D eigenvalue weighted by Crippen LogP contribution is 2.21. The second-order valence-corrected chi connectivity index (χ2v) is 13.1. The molecular formula is C33H55N7O17. The topological polar surface area (TPSA) is 409 Å². The molecule has 4 unspecified atom stereocenters. The third-order valence-corrected chi connectivity index (χ3v) is 8.36. The third-order valence-electron chi connectivity index (χ3n) is 8.36. The lowest BCUT2D eigenvalue weighted by Gasteiger charge is -2.29. The molecule has 0 fully saturated rings. The van der Waals surface area contributed by atoms with Gasteiger partial charge in [-0.05, 0) is 65.5 Å². The van der Waals surface area contributed by atoms with E-state index < -0.39 is 140 Å². The number of carboxylic acid groups (broad SMARTS) is 1.